The second-order valence-electron chi connectivity index (χ2n) is 4.84. The molecule has 1 amide bonds. The van der Waals surface area contributed by atoms with E-state index in [9.17, 15) is 13.2 Å². The standard InChI is InChI=1S/C10H19N5O3S.ClH/c1-10(2,6-11)14-8(16)4-13-19(17,18)9-5-15(3)7-12-9;/h5,7,13H,4,6,11H2,1-3H3,(H,14,16);1H. The number of nitrogens with two attached hydrogens (primary N) is 1. The summed E-state index contributed by atoms with van der Waals surface area (Å²) in [7, 11) is -2.12. The average molecular weight is 326 g/mol. The van der Waals surface area contributed by atoms with Crippen LogP contribution in [0.1, 0.15) is 13.8 Å². The Balaban J connectivity index is 0.00000361. The number of imidazole rings is 1. The van der Waals surface area contributed by atoms with Crippen LogP contribution in [0.3, 0.4) is 0 Å². The lowest BCUT2D eigenvalue weighted by Gasteiger charge is -2.24. The van der Waals surface area contributed by atoms with E-state index in [0.717, 1.165) is 0 Å². The van der Waals surface area contributed by atoms with Crippen LogP contribution in [0.25, 0.3) is 0 Å². The van der Waals surface area contributed by atoms with E-state index >= 15 is 0 Å². The number of carbonyl (C=O) groups excluding carboxylic acids is 1. The summed E-state index contributed by atoms with van der Waals surface area (Å²) in [4.78, 5) is 15.3. The summed E-state index contributed by atoms with van der Waals surface area (Å²) in [6.07, 6.45) is 2.72. The molecule has 1 rings (SSSR count). The molecule has 0 spiro atoms. The topological polar surface area (TPSA) is 119 Å². The zero-order valence-corrected chi connectivity index (χ0v) is 13.2. The molecule has 20 heavy (non-hydrogen) atoms. The maximum Gasteiger partial charge on any atom is 0.260 e. The molecule has 116 valence electrons. The molecule has 10 heteroatoms. The number of nitrogens with zero attached hydrogens (tertiary/aromatic N) is 2. The van der Waals surface area contributed by atoms with E-state index in [1.54, 1.807) is 20.9 Å². The molecular formula is C10H20ClN5O3S. The molecule has 0 bridgehead atoms. The first-order valence-electron chi connectivity index (χ1n) is 5.65. The maximum atomic E-state index is 11.8. The molecule has 0 saturated heterocycles. The highest BCUT2D eigenvalue weighted by atomic mass is 35.5. The van der Waals surface area contributed by atoms with Gasteiger partial charge in [0.05, 0.1) is 12.9 Å². The SMILES string of the molecule is Cl.Cn1cnc(S(=O)(=O)NCC(=O)NC(C)(C)CN)c1. The summed E-state index contributed by atoms with van der Waals surface area (Å²) in [5.74, 6) is -0.449. The Morgan fingerprint density at radius 1 is 1.50 bits per heavy atom. The summed E-state index contributed by atoms with van der Waals surface area (Å²) in [6.45, 7) is 3.39. The zero-order chi connectivity index (χ0) is 14.7. The fourth-order valence-corrected chi connectivity index (χ4v) is 2.19. The van der Waals surface area contributed by atoms with Gasteiger partial charge in [0.25, 0.3) is 10.0 Å². The van der Waals surface area contributed by atoms with Crippen molar-refractivity contribution in [2.75, 3.05) is 13.1 Å². The van der Waals surface area contributed by atoms with Gasteiger partial charge in [-0.15, -0.1) is 12.4 Å². The van der Waals surface area contributed by atoms with E-state index in [-0.39, 0.29) is 30.5 Å². The molecule has 1 aromatic rings. The van der Waals surface area contributed by atoms with E-state index in [2.05, 4.69) is 15.0 Å². The second-order valence-corrected chi connectivity index (χ2v) is 6.55. The minimum atomic E-state index is -3.77. The molecule has 1 aromatic heterocycles. The van der Waals surface area contributed by atoms with Crippen LogP contribution in [-0.4, -0.2) is 42.5 Å². The smallest absolute Gasteiger partial charge is 0.260 e. The Bertz CT molecular complexity index is 555. The fourth-order valence-electron chi connectivity index (χ4n) is 1.23. The largest absolute Gasteiger partial charge is 0.349 e. The van der Waals surface area contributed by atoms with E-state index < -0.39 is 21.5 Å². The van der Waals surface area contributed by atoms with Gasteiger partial charge in [-0.3, -0.25) is 4.79 Å². The van der Waals surface area contributed by atoms with Gasteiger partial charge in [0.1, 0.15) is 0 Å². The van der Waals surface area contributed by atoms with Gasteiger partial charge in [-0.1, -0.05) is 0 Å². The van der Waals surface area contributed by atoms with Crippen molar-refractivity contribution in [2.24, 2.45) is 12.8 Å². The number of nitrogens with one attached hydrogen (secondary N) is 2. The van der Waals surface area contributed by atoms with Gasteiger partial charge in [-0.2, -0.15) is 0 Å². The van der Waals surface area contributed by atoms with Gasteiger partial charge in [-0.05, 0) is 13.8 Å². The number of sulfonamides is 1. The van der Waals surface area contributed by atoms with Crippen LogP contribution in [-0.2, 0) is 21.9 Å². The highest BCUT2D eigenvalue weighted by Crippen LogP contribution is 2.03. The van der Waals surface area contributed by atoms with Crippen molar-refractivity contribution < 1.29 is 13.2 Å². The first kappa shape index (κ1) is 18.8. The third-order valence-electron chi connectivity index (χ3n) is 2.37. The number of rotatable bonds is 6. The molecule has 0 aromatic carbocycles. The van der Waals surface area contributed by atoms with Crippen LogP contribution < -0.4 is 15.8 Å². The first-order valence-corrected chi connectivity index (χ1v) is 7.13. The highest BCUT2D eigenvalue weighted by Gasteiger charge is 2.21. The molecule has 0 saturated carbocycles. The Kier molecular flexibility index (Phi) is 6.62. The van der Waals surface area contributed by atoms with Crippen LogP contribution in [0.15, 0.2) is 17.6 Å². The second kappa shape index (κ2) is 7.02. The molecule has 1 heterocycles. The number of hydrogen-bond acceptors (Lipinski definition) is 5. The molecule has 0 fully saturated rings. The lowest BCUT2D eigenvalue weighted by atomic mass is 10.1. The van der Waals surface area contributed by atoms with Gasteiger partial charge in [0.15, 0.2) is 5.03 Å². The molecule has 4 N–H and O–H groups in total. The third kappa shape index (κ3) is 5.45. The maximum absolute atomic E-state index is 11.8. The van der Waals surface area contributed by atoms with E-state index in [4.69, 9.17) is 5.73 Å². The van der Waals surface area contributed by atoms with Crippen LogP contribution in [0.5, 0.6) is 0 Å². The Morgan fingerprint density at radius 3 is 2.55 bits per heavy atom. The van der Waals surface area contributed by atoms with Gasteiger partial charge in [0, 0.05) is 25.3 Å². The molecule has 0 aliphatic heterocycles. The molecule has 0 atom stereocenters. The molecule has 0 unspecified atom stereocenters. The number of hydrogen-bond donors (Lipinski definition) is 3. The Labute approximate surface area is 124 Å². The van der Waals surface area contributed by atoms with Gasteiger partial charge in [-0.25, -0.2) is 18.1 Å². The number of aromatic nitrogens is 2. The lowest BCUT2D eigenvalue weighted by Crippen LogP contribution is -2.51. The van der Waals surface area contributed by atoms with Crippen LogP contribution in [0.4, 0.5) is 0 Å². The highest BCUT2D eigenvalue weighted by molar-refractivity contribution is 7.89. The summed E-state index contributed by atoms with van der Waals surface area (Å²) < 4.78 is 27.3. The lowest BCUT2D eigenvalue weighted by molar-refractivity contribution is -0.121. The molecular weight excluding hydrogens is 306 g/mol. The van der Waals surface area contributed by atoms with Crippen molar-refractivity contribution >= 4 is 28.3 Å². The molecule has 8 nitrogen and oxygen atoms in total. The predicted octanol–water partition coefficient (Wildman–Crippen LogP) is -1.03. The average Bonchev–Trinajstić information content (AvgIpc) is 2.74. The third-order valence-corrected chi connectivity index (χ3v) is 3.65. The minimum Gasteiger partial charge on any atom is -0.349 e. The van der Waals surface area contributed by atoms with E-state index in [1.165, 1.54) is 17.1 Å². The predicted molar refractivity (Wildman–Crippen MR) is 76.9 cm³/mol. The Hall–Kier alpha value is -1.16. The van der Waals surface area contributed by atoms with Crippen molar-refractivity contribution in [3.63, 3.8) is 0 Å². The van der Waals surface area contributed by atoms with E-state index in [0.29, 0.717) is 0 Å². The van der Waals surface area contributed by atoms with Gasteiger partial charge < -0.3 is 15.6 Å². The monoisotopic (exact) mass is 325 g/mol. The normalized spacial score (nSPS) is 11.8. The minimum absolute atomic E-state index is 0. The molecule has 0 radical (unpaired) electrons. The van der Waals surface area contributed by atoms with Crippen LogP contribution in [0.2, 0.25) is 0 Å². The molecule has 0 aliphatic rings. The van der Waals surface area contributed by atoms with Crippen molar-refractivity contribution in [1.29, 1.82) is 0 Å². The summed E-state index contributed by atoms with van der Waals surface area (Å²) >= 11 is 0. The fraction of sp³-hybridized carbons (Fsp3) is 0.600. The van der Waals surface area contributed by atoms with Crippen molar-refractivity contribution in [3.8, 4) is 0 Å². The summed E-state index contributed by atoms with van der Waals surface area (Å²) in [5.41, 5.74) is 4.89. The zero-order valence-electron chi connectivity index (χ0n) is 11.6. The van der Waals surface area contributed by atoms with Crippen LogP contribution in [0, 0.1) is 0 Å². The first-order chi connectivity index (χ1) is 8.66. The summed E-state index contributed by atoms with van der Waals surface area (Å²) in [6, 6.07) is 0. The van der Waals surface area contributed by atoms with E-state index in [1.807, 2.05) is 0 Å². The number of halogens is 1. The molecule has 0 aliphatic carbocycles. The van der Waals surface area contributed by atoms with Crippen molar-refractivity contribution in [3.05, 3.63) is 12.5 Å². The van der Waals surface area contributed by atoms with Crippen LogP contribution >= 0.6 is 12.4 Å². The Morgan fingerprint density at radius 2 is 2.10 bits per heavy atom. The number of carbonyl (C=O) groups is 1. The van der Waals surface area contributed by atoms with Gasteiger partial charge in [0.2, 0.25) is 5.91 Å². The number of amides is 1. The quantitative estimate of drug-likeness (QED) is 0.618. The summed E-state index contributed by atoms with van der Waals surface area (Å²) in [5, 5.41) is 2.49. The van der Waals surface area contributed by atoms with Crippen molar-refractivity contribution in [2.45, 2.75) is 24.4 Å². The number of aryl methyl sites for hydroxylation is 1. The van der Waals surface area contributed by atoms with Crippen molar-refractivity contribution in [1.82, 2.24) is 19.6 Å². The van der Waals surface area contributed by atoms with Gasteiger partial charge >= 0.3 is 0 Å².